The summed E-state index contributed by atoms with van der Waals surface area (Å²) in [6.45, 7) is -0.450. The smallest absolute Gasteiger partial charge is 0.341 e. The van der Waals surface area contributed by atoms with Gasteiger partial charge in [-0.25, -0.2) is 4.79 Å². The Morgan fingerprint density at radius 1 is 1.07 bits per heavy atom. The first-order valence-corrected chi connectivity index (χ1v) is 10.0. The molecule has 1 N–H and O–H groups in total. The zero-order valence-corrected chi connectivity index (χ0v) is 17.6. The number of carbonyl (C=O) groups is 3. The third-order valence-electron chi connectivity index (χ3n) is 3.80. The molecule has 0 spiro atoms. The summed E-state index contributed by atoms with van der Waals surface area (Å²) in [5.74, 6) is -1.35. The lowest BCUT2D eigenvalue weighted by Gasteiger charge is -2.13. The molecule has 0 atom stereocenters. The van der Waals surface area contributed by atoms with Gasteiger partial charge in [-0.3, -0.25) is 14.5 Å². The maximum atomic E-state index is 12.6. The van der Waals surface area contributed by atoms with Crippen LogP contribution in [-0.4, -0.2) is 33.7 Å². The number of hydrogen-bond donors (Lipinski definition) is 1. The molecule has 1 heterocycles. The highest BCUT2D eigenvalue weighted by atomic mass is 35.5. The molecule has 0 saturated carbocycles. The van der Waals surface area contributed by atoms with Crippen LogP contribution in [0.4, 0.5) is 4.79 Å². The maximum Gasteiger partial charge on any atom is 0.341 e. The first-order chi connectivity index (χ1) is 13.7. The van der Waals surface area contributed by atoms with E-state index < -0.39 is 23.7 Å². The van der Waals surface area contributed by atoms with Gasteiger partial charge < -0.3 is 9.84 Å². The molecule has 2 aromatic rings. The van der Waals surface area contributed by atoms with Gasteiger partial charge in [-0.1, -0.05) is 46.9 Å². The van der Waals surface area contributed by atoms with Gasteiger partial charge >= 0.3 is 5.97 Å². The molecule has 0 aliphatic carbocycles. The zero-order valence-electron chi connectivity index (χ0n) is 14.5. The number of halogens is 3. The number of carbonyl (C=O) groups excluding carboxylic acids is 2. The van der Waals surface area contributed by atoms with E-state index in [0.29, 0.717) is 21.2 Å². The summed E-state index contributed by atoms with van der Waals surface area (Å²) in [6.07, 6.45) is 1.53. The van der Waals surface area contributed by atoms with Crippen molar-refractivity contribution in [1.82, 2.24) is 4.90 Å². The fraction of sp³-hybridized carbons (Fsp3) is 0.105. The lowest BCUT2D eigenvalue weighted by Crippen LogP contribution is -2.27. The van der Waals surface area contributed by atoms with Gasteiger partial charge in [-0.15, -0.1) is 0 Å². The predicted octanol–water partition coefficient (Wildman–Crippen LogP) is 5.35. The summed E-state index contributed by atoms with van der Waals surface area (Å²) in [6, 6.07) is 9.52. The van der Waals surface area contributed by atoms with E-state index in [9.17, 15) is 14.4 Å². The van der Waals surface area contributed by atoms with Crippen LogP contribution in [0.1, 0.15) is 11.1 Å². The van der Waals surface area contributed by atoms with E-state index in [0.717, 1.165) is 16.7 Å². The van der Waals surface area contributed by atoms with E-state index in [-0.39, 0.29) is 22.2 Å². The molecule has 1 aliphatic heterocycles. The Morgan fingerprint density at radius 3 is 2.48 bits per heavy atom. The number of thioether (sulfide) groups is 1. The van der Waals surface area contributed by atoms with Gasteiger partial charge in [-0.05, 0) is 53.2 Å². The van der Waals surface area contributed by atoms with Crippen LogP contribution in [0.15, 0.2) is 41.3 Å². The molecule has 150 valence electrons. The molecule has 1 aliphatic rings. The molecule has 3 rings (SSSR count). The van der Waals surface area contributed by atoms with Crippen LogP contribution in [0, 0.1) is 0 Å². The monoisotopic (exact) mass is 471 g/mol. The van der Waals surface area contributed by atoms with Gasteiger partial charge in [0.05, 0.1) is 26.5 Å². The van der Waals surface area contributed by atoms with Crippen LogP contribution in [0.5, 0.6) is 5.75 Å². The van der Waals surface area contributed by atoms with Crippen LogP contribution < -0.4 is 4.74 Å². The standard InChI is InChI=1S/C19H12Cl3NO5S/c20-12-3-1-11(6-13(12)21)8-23-18(26)16(29-19(23)27)7-10-2-4-15(14(22)5-10)28-9-17(24)25/h1-7H,8-9H2,(H,24,25)/b16-7-. The fourth-order valence-electron chi connectivity index (χ4n) is 2.47. The van der Waals surface area contributed by atoms with Crippen LogP contribution in [0.3, 0.4) is 0 Å². The number of imide groups is 1. The van der Waals surface area contributed by atoms with Crippen molar-refractivity contribution in [3.8, 4) is 5.75 Å². The number of ether oxygens (including phenoxy) is 1. The van der Waals surface area contributed by atoms with Gasteiger partial charge in [-0.2, -0.15) is 0 Å². The number of rotatable bonds is 6. The maximum absolute atomic E-state index is 12.6. The third kappa shape index (κ3) is 5.25. The zero-order chi connectivity index (χ0) is 21.1. The second-order valence-corrected chi connectivity index (χ2v) is 8.10. The summed E-state index contributed by atoms with van der Waals surface area (Å²) >= 11 is 18.8. The molecule has 1 saturated heterocycles. The van der Waals surface area contributed by atoms with Crippen LogP contribution in [-0.2, 0) is 16.1 Å². The molecule has 6 nitrogen and oxygen atoms in total. The Hall–Kier alpha value is -2.19. The first kappa shape index (κ1) is 21.5. The Morgan fingerprint density at radius 2 is 1.83 bits per heavy atom. The predicted molar refractivity (Wildman–Crippen MR) is 113 cm³/mol. The normalized spacial score (nSPS) is 15.3. The Balaban J connectivity index is 1.76. The summed E-state index contributed by atoms with van der Waals surface area (Å²) < 4.78 is 5.06. The topological polar surface area (TPSA) is 83.9 Å². The van der Waals surface area contributed by atoms with Gasteiger partial charge in [0.2, 0.25) is 0 Å². The molecule has 0 radical (unpaired) electrons. The van der Waals surface area contributed by atoms with Crippen LogP contribution >= 0.6 is 46.6 Å². The summed E-state index contributed by atoms with van der Waals surface area (Å²) in [5.41, 5.74) is 1.24. The van der Waals surface area contributed by atoms with Gasteiger partial charge in [0.1, 0.15) is 5.75 Å². The number of amides is 2. The van der Waals surface area contributed by atoms with E-state index in [2.05, 4.69) is 0 Å². The van der Waals surface area contributed by atoms with Gasteiger partial charge in [0.15, 0.2) is 6.61 Å². The SMILES string of the molecule is O=C(O)COc1ccc(/C=C2\SC(=O)N(Cc3ccc(Cl)c(Cl)c3)C2=O)cc1Cl. The Bertz CT molecular complexity index is 1040. The molecular formula is C19H12Cl3NO5S. The number of carboxylic acids is 1. The van der Waals surface area contributed by atoms with E-state index in [4.69, 9.17) is 44.6 Å². The molecule has 2 amide bonds. The van der Waals surface area contributed by atoms with E-state index in [1.165, 1.54) is 18.2 Å². The molecule has 0 unspecified atom stereocenters. The van der Waals surface area contributed by atoms with Crippen molar-refractivity contribution in [3.05, 3.63) is 67.5 Å². The second-order valence-electron chi connectivity index (χ2n) is 5.89. The molecule has 2 aromatic carbocycles. The molecule has 29 heavy (non-hydrogen) atoms. The fourth-order valence-corrected chi connectivity index (χ4v) is 3.87. The minimum absolute atomic E-state index is 0.0710. The average Bonchev–Trinajstić information content (AvgIpc) is 2.91. The van der Waals surface area contributed by atoms with Crippen LogP contribution in [0.2, 0.25) is 15.1 Å². The Kier molecular flexibility index (Phi) is 6.74. The molecule has 1 fully saturated rings. The largest absolute Gasteiger partial charge is 0.480 e. The number of nitrogens with zero attached hydrogens (tertiary/aromatic N) is 1. The van der Waals surface area contributed by atoms with Crippen molar-refractivity contribution < 1.29 is 24.2 Å². The lowest BCUT2D eigenvalue weighted by molar-refractivity contribution is -0.139. The number of aliphatic carboxylic acids is 1. The molecule has 0 bridgehead atoms. The number of carboxylic acid groups (broad SMARTS) is 1. The second kappa shape index (κ2) is 9.09. The average molecular weight is 473 g/mol. The van der Waals surface area contributed by atoms with Crippen molar-refractivity contribution in [2.75, 3.05) is 6.61 Å². The summed E-state index contributed by atoms with van der Waals surface area (Å²) in [4.78, 5) is 36.8. The van der Waals surface area contributed by atoms with Crippen molar-refractivity contribution in [3.63, 3.8) is 0 Å². The highest BCUT2D eigenvalue weighted by Gasteiger charge is 2.35. The molecule has 10 heteroatoms. The van der Waals surface area contributed by atoms with Crippen LogP contribution in [0.25, 0.3) is 6.08 Å². The van der Waals surface area contributed by atoms with E-state index in [1.54, 1.807) is 24.3 Å². The molecular weight excluding hydrogens is 461 g/mol. The van der Waals surface area contributed by atoms with Crippen molar-refractivity contribution >= 4 is 69.8 Å². The third-order valence-corrected chi connectivity index (χ3v) is 5.74. The van der Waals surface area contributed by atoms with E-state index >= 15 is 0 Å². The van der Waals surface area contributed by atoms with Crippen molar-refractivity contribution in [1.29, 1.82) is 0 Å². The Labute approximate surface area is 185 Å². The number of hydrogen-bond acceptors (Lipinski definition) is 5. The first-order valence-electron chi connectivity index (χ1n) is 8.08. The minimum atomic E-state index is -1.12. The van der Waals surface area contributed by atoms with Crippen molar-refractivity contribution in [2.24, 2.45) is 0 Å². The lowest BCUT2D eigenvalue weighted by atomic mass is 10.2. The summed E-state index contributed by atoms with van der Waals surface area (Å²) in [5, 5.41) is 9.17. The quantitative estimate of drug-likeness (QED) is 0.571. The van der Waals surface area contributed by atoms with Crippen molar-refractivity contribution in [2.45, 2.75) is 6.54 Å². The summed E-state index contributed by atoms with van der Waals surface area (Å²) in [7, 11) is 0. The minimum Gasteiger partial charge on any atom is -0.480 e. The molecule has 0 aromatic heterocycles. The van der Waals surface area contributed by atoms with Gasteiger partial charge in [0, 0.05) is 0 Å². The highest BCUT2D eigenvalue weighted by Crippen LogP contribution is 2.35. The van der Waals surface area contributed by atoms with Gasteiger partial charge in [0.25, 0.3) is 11.1 Å². The number of benzene rings is 2. The van der Waals surface area contributed by atoms with E-state index in [1.807, 2.05) is 0 Å². The highest BCUT2D eigenvalue weighted by molar-refractivity contribution is 8.18.